The second-order valence-electron chi connectivity index (χ2n) is 5.73. The number of pyridine rings is 1. The first kappa shape index (κ1) is 21.5. The van der Waals surface area contributed by atoms with Crippen molar-refractivity contribution in [3.05, 3.63) is 29.3 Å². The van der Waals surface area contributed by atoms with Crippen molar-refractivity contribution in [2.45, 2.75) is 18.1 Å². The van der Waals surface area contributed by atoms with Gasteiger partial charge in [0.05, 0.1) is 24.9 Å². The van der Waals surface area contributed by atoms with Crippen LogP contribution in [0.25, 0.3) is 11.1 Å². The standard InChI is InChI=1S/C19H22N4O4S/c1-3-27-16-6-11(4-5-15(16)26)17-13(7-20)19(28-10-12(25)9-24)23-18(21)14(17)8-22-2/h4-6,8,12,24-26H,3,9-10H2,1-2H3,(H2,21,23). The molecule has 0 saturated heterocycles. The Morgan fingerprint density at radius 3 is 2.82 bits per heavy atom. The zero-order valence-electron chi connectivity index (χ0n) is 15.6. The van der Waals surface area contributed by atoms with Crippen molar-refractivity contribution < 1.29 is 20.1 Å². The summed E-state index contributed by atoms with van der Waals surface area (Å²) in [4.78, 5) is 8.29. The summed E-state index contributed by atoms with van der Waals surface area (Å²) in [7, 11) is 1.58. The van der Waals surface area contributed by atoms with Crippen LogP contribution < -0.4 is 10.5 Å². The van der Waals surface area contributed by atoms with Gasteiger partial charge in [0.1, 0.15) is 16.9 Å². The second-order valence-corrected chi connectivity index (χ2v) is 6.74. The molecule has 0 radical (unpaired) electrons. The van der Waals surface area contributed by atoms with E-state index in [9.17, 15) is 15.5 Å². The number of rotatable bonds is 8. The van der Waals surface area contributed by atoms with Gasteiger partial charge in [-0.05, 0) is 24.6 Å². The molecular weight excluding hydrogens is 380 g/mol. The summed E-state index contributed by atoms with van der Waals surface area (Å²) in [6.07, 6.45) is 0.570. The second kappa shape index (κ2) is 9.94. The maximum atomic E-state index is 9.98. The highest BCUT2D eigenvalue weighted by atomic mass is 32.2. The molecule has 0 spiro atoms. The number of aliphatic imine (C=N–C) groups is 1. The number of anilines is 1. The average Bonchev–Trinajstić information content (AvgIpc) is 2.69. The highest BCUT2D eigenvalue weighted by molar-refractivity contribution is 7.99. The average molecular weight is 402 g/mol. The van der Waals surface area contributed by atoms with Crippen LogP contribution in [0.15, 0.2) is 28.2 Å². The molecule has 0 aliphatic rings. The van der Waals surface area contributed by atoms with Gasteiger partial charge in [-0.2, -0.15) is 5.26 Å². The van der Waals surface area contributed by atoms with Crippen molar-refractivity contribution in [3.63, 3.8) is 0 Å². The number of nitrogens with two attached hydrogens (primary N) is 1. The number of nitrogen functional groups attached to an aromatic ring is 1. The van der Waals surface area contributed by atoms with E-state index in [2.05, 4.69) is 16.0 Å². The van der Waals surface area contributed by atoms with E-state index in [1.54, 1.807) is 26.1 Å². The molecule has 1 aromatic heterocycles. The molecule has 9 heteroatoms. The smallest absolute Gasteiger partial charge is 0.161 e. The molecule has 2 rings (SSSR count). The normalized spacial score (nSPS) is 12.1. The fourth-order valence-electron chi connectivity index (χ4n) is 2.53. The minimum atomic E-state index is -0.946. The van der Waals surface area contributed by atoms with E-state index in [0.29, 0.717) is 28.3 Å². The Morgan fingerprint density at radius 1 is 1.46 bits per heavy atom. The number of aliphatic hydroxyl groups excluding tert-OH is 2. The molecule has 28 heavy (non-hydrogen) atoms. The Labute approximate surface area is 167 Å². The van der Waals surface area contributed by atoms with E-state index >= 15 is 0 Å². The zero-order chi connectivity index (χ0) is 20.7. The van der Waals surface area contributed by atoms with Gasteiger partial charge in [0, 0.05) is 30.1 Å². The third-order valence-electron chi connectivity index (χ3n) is 3.77. The number of aromatic hydroxyl groups is 1. The van der Waals surface area contributed by atoms with Crippen LogP contribution >= 0.6 is 11.8 Å². The predicted octanol–water partition coefficient (Wildman–Crippen LogP) is 1.80. The summed E-state index contributed by atoms with van der Waals surface area (Å²) in [6, 6.07) is 6.90. The number of benzene rings is 1. The molecule has 5 N–H and O–H groups in total. The maximum absolute atomic E-state index is 9.98. The lowest BCUT2D eigenvalue weighted by molar-refractivity contribution is 0.113. The van der Waals surface area contributed by atoms with Crippen LogP contribution in [0.1, 0.15) is 18.1 Å². The summed E-state index contributed by atoms with van der Waals surface area (Å²) in [5.74, 6) is 0.589. The van der Waals surface area contributed by atoms with Gasteiger partial charge >= 0.3 is 0 Å². The highest BCUT2D eigenvalue weighted by Crippen LogP contribution is 2.38. The topological polar surface area (TPSA) is 145 Å². The molecule has 8 nitrogen and oxygen atoms in total. The molecule has 1 atom stereocenters. The molecule has 2 aromatic rings. The maximum Gasteiger partial charge on any atom is 0.161 e. The van der Waals surface area contributed by atoms with Crippen molar-refractivity contribution in [2.24, 2.45) is 4.99 Å². The predicted molar refractivity (Wildman–Crippen MR) is 109 cm³/mol. The molecule has 148 valence electrons. The van der Waals surface area contributed by atoms with Gasteiger partial charge in [0.2, 0.25) is 0 Å². The molecule has 0 amide bonds. The van der Waals surface area contributed by atoms with Crippen molar-refractivity contribution >= 4 is 23.8 Å². The first-order valence-corrected chi connectivity index (χ1v) is 9.48. The molecule has 0 saturated carbocycles. The van der Waals surface area contributed by atoms with E-state index < -0.39 is 12.7 Å². The number of nitriles is 1. The molecule has 1 unspecified atom stereocenters. The van der Waals surface area contributed by atoms with Crippen LogP contribution in [0.2, 0.25) is 0 Å². The van der Waals surface area contributed by atoms with Gasteiger partial charge in [0.25, 0.3) is 0 Å². The van der Waals surface area contributed by atoms with Gasteiger partial charge in [-0.15, -0.1) is 11.8 Å². The monoisotopic (exact) mass is 402 g/mol. The highest BCUT2D eigenvalue weighted by Gasteiger charge is 2.21. The molecule has 0 aliphatic heterocycles. The summed E-state index contributed by atoms with van der Waals surface area (Å²) in [6.45, 7) is 1.77. The number of phenolic OH excluding ortho intramolecular Hbond substituents is 1. The number of hydrogen-bond donors (Lipinski definition) is 4. The quantitative estimate of drug-likeness (QED) is 0.386. The van der Waals surface area contributed by atoms with E-state index in [0.717, 1.165) is 11.8 Å². The van der Waals surface area contributed by atoms with Crippen LogP contribution in [0.4, 0.5) is 5.82 Å². The lowest BCUT2D eigenvalue weighted by Gasteiger charge is -2.16. The fraction of sp³-hybridized carbons (Fsp3) is 0.316. The Bertz CT molecular complexity index is 912. The molecule has 0 aliphatic carbocycles. The van der Waals surface area contributed by atoms with E-state index in [1.165, 1.54) is 12.3 Å². The summed E-state index contributed by atoms with van der Waals surface area (Å²) in [5.41, 5.74) is 7.95. The van der Waals surface area contributed by atoms with E-state index in [1.807, 2.05) is 0 Å². The van der Waals surface area contributed by atoms with E-state index in [-0.39, 0.29) is 28.6 Å². The van der Waals surface area contributed by atoms with Gasteiger partial charge in [0.15, 0.2) is 11.5 Å². The number of aromatic nitrogens is 1. The van der Waals surface area contributed by atoms with Gasteiger partial charge in [-0.3, -0.25) is 4.99 Å². The minimum Gasteiger partial charge on any atom is -0.504 e. The third-order valence-corrected chi connectivity index (χ3v) is 4.89. The van der Waals surface area contributed by atoms with Crippen molar-refractivity contribution in [3.8, 4) is 28.7 Å². The van der Waals surface area contributed by atoms with Crippen molar-refractivity contribution in [1.82, 2.24) is 4.98 Å². The number of phenols is 1. The molecule has 0 fully saturated rings. The number of thioether (sulfide) groups is 1. The van der Waals surface area contributed by atoms with Crippen LogP contribution in [-0.4, -0.2) is 58.6 Å². The molecule has 1 aromatic carbocycles. The summed E-state index contributed by atoms with van der Waals surface area (Å²) >= 11 is 1.12. The lowest BCUT2D eigenvalue weighted by atomic mass is 9.96. The van der Waals surface area contributed by atoms with Crippen LogP contribution in [0, 0.1) is 11.3 Å². The Balaban J connectivity index is 2.71. The first-order chi connectivity index (χ1) is 13.5. The van der Waals surface area contributed by atoms with Crippen molar-refractivity contribution in [1.29, 1.82) is 5.26 Å². The van der Waals surface area contributed by atoms with Crippen molar-refractivity contribution in [2.75, 3.05) is 31.7 Å². The molecule has 0 bridgehead atoms. The van der Waals surface area contributed by atoms with Crippen LogP contribution in [-0.2, 0) is 0 Å². The van der Waals surface area contributed by atoms with Gasteiger partial charge < -0.3 is 25.8 Å². The summed E-state index contributed by atoms with van der Waals surface area (Å²) < 4.78 is 5.45. The number of ether oxygens (including phenoxy) is 1. The fourth-order valence-corrected chi connectivity index (χ4v) is 3.44. The number of nitrogens with zero attached hydrogens (tertiary/aromatic N) is 3. The Morgan fingerprint density at radius 2 is 2.21 bits per heavy atom. The lowest BCUT2D eigenvalue weighted by Crippen LogP contribution is -2.15. The minimum absolute atomic E-state index is 0.0162. The number of aliphatic hydroxyl groups is 2. The SMILES string of the molecule is CCOc1cc(-c2c(C#N)c(SCC(O)CO)nc(N)c2C=NC)ccc1O. The van der Waals surface area contributed by atoms with Crippen LogP contribution in [0.5, 0.6) is 11.5 Å². The van der Waals surface area contributed by atoms with Gasteiger partial charge in [-0.25, -0.2) is 4.98 Å². The third kappa shape index (κ3) is 4.72. The molecule has 1 heterocycles. The van der Waals surface area contributed by atoms with E-state index in [4.69, 9.17) is 15.6 Å². The molecular formula is C19H22N4O4S. The zero-order valence-corrected chi connectivity index (χ0v) is 16.4. The number of hydrogen-bond acceptors (Lipinski definition) is 9. The van der Waals surface area contributed by atoms with Gasteiger partial charge in [-0.1, -0.05) is 6.07 Å². The summed E-state index contributed by atoms with van der Waals surface area (Å²) in [5, 5.41) is 38.8. The first-order valence-electron chi connectivity index (χ1n) is 8.50. The largest absolute Gasteiger partial charge is 0.504 e. The van der Waals surface area contributed by atoms with Crippen LogP contribution in [0.3, 0.4) is 0 Å². The Hall–Kier alpha value is -2.80. The Kier molecular flexibility index (Phi) is 7.63.